The standard InChI is InChI=1S/C15H16N2S2/c1-8-5-13-12-6-11(15(16-4)17-13)10(3)18-7-19-14(12)9(8)2/h5-6H,7H2,1-4H3/b11-10+,16-15+. The molecule has 4 heteroatoms. The molecule has 0 atom stereocenters. The summed E-state index contributed by atoms with van der Waals surface area (Å²) in [6.07, 6.45) is 2.26. The summed E-state index contributed by atoms with van der Waals surface area (Å²) >= 11 is 3.81. The fraction of sp³-hybridized carbons (Fsp3) is 0.333. The Morgan fingerprint density at radius 2 is 2.00 bits per heavy atom. The summed E-state index contributed by atoms with van der Waals surface area (Å²) in [5, 5.41) is 3.39. The average Bonchev–Trinajstić information content (AvgIpc) is 2.39. The zero-order valence-corrected chi connectivity index (χ0v) is 13.2. The van der Waals surface area contributed by atoms with Crippen LogP contribution in [-0.2, 0) is 0 Å². The lowest BCUT2D eigenvalue weighted by Gasteiger charge is -2.18. The van der Waals surface area contributed by atoms with Gasteiger partial charge in [0.2, 0.25) is 0 Å². The van der Waals surface area contributed by atoms with Gasteiger partial charge < -0.3 is 0 Å². The van der Waals surface area contributed by atoms with E-state index in [9.17, 15) is 0 Å². The third-order valence-electron chi connectivity index (χ3n) is 3.63. The molecule has 0 N–H and O–H groups in total. The van der Waals surface area contributed by atoms with Crippen LogP contribution in [0.15, 0.2) is 31.4 Å². The van der Waals surface area contributed by atoms with Crippen LogP contribution in [0.3, 0.4) is 0 Å². The van der Waals surface area contributed by atoms with Gasteiger partial charge in [-0.2, -0.15) is 0 Å². The van der Waals surface area contributed by atoms with Crippen molar-refractivity contribution in [2.45, 2.75) is 25.7 Å². The zero-order valence-electron chi connectivity index (χ0n) is 11.6. The third-order valence-corrected chi connectivity index (χ3v) is 6.04. The maximum atomic E-state index is 4.75. The molecule has 2 nitrogen and oxygen atoms in total. The second-order valence-electron chi connectivity index (χ2n) is 4.76. The van der Waals surface area contributed by atoms with Gasteiger partial charge in [-0.3, -0.25) is 4.99 Å². The van der Waals surface area contributed by atoms with Crippen molar-refractivity contribution in [2.75, 3.05) is 12.1 Å². The molecule has 0 fully saturated rings. The number of thioether (sulfide) groups is 2. The zero-order chi connectivity index (χ0) is 13.6. The van der Waals surface area contributed by atoms with Crippen LogP contribution < -0.4 is 10.6 Å². The van der Waals surface area contributed by atoms with Crippen LogP contribution >= 0.6 is 23.5 Å². The number of benzene rings is 1. The van der Waals surface area contributed by atoms with Crippen molar-refractivity contribution in [1.29, 1.82) is 0 Å². The summed E-state index contributed by atoms with van der Waals surface area (Å²) in [7, 11) is 1.82. The highest BCUT2D eigenvalue weighted by atomic mass is 32.2. The highest BCUT2D eigenvalue weighted by Gasteiger charge is 2.18. The summed E-state index contributed by atoms with van der Waals surface area (Å²) < 4.78 is 0. The smallest absolute Gasteiger partial charge is 0.155 e. The summed E-state index contributed by atoms with van der Waals surface area (Å²) in [4.78, 5) is 11.8. The SMILES string of the molecule is C/N=C1/N=c2cc(C)c(C)c3c2=C/C1=C(/C)SCS3. The Bertz CT molecular complexity index is 742. The minimum absolute atomic E-state index is 0.860. The van der Waals surface area contributed by atoms with Gasteiger partial charge in [0, 0.05) is 27.8 Å². The first-order valence-electron chi connectivity index (χ1n) is 6.26. The number of aliphatic imine (C=N–C) groups is 1. The van der Waals surface area contributed by atoms with E-state index < -0.39 is 0 Å². The number of hydrogen-bond donors (Lipinski definition) is 0. The van der Waals surface area contributed by atoms with Crippen LogP contribution in [0.5, 0.6) is 0 Å². The summed E-state index contributed by atoms with van der Waals surface area (Å²) in [6.45, 7) is 6.53. The lowest BCUT2D eigenvalue weighted by Crippen LogP contribution is -2.34. The molecular weight excluding hydrogens is 272 g/mol. The molecule has 0 aliphatic carbocycles. The Balaban J connectivity index is 2.49. The van der Waals surface area contributed by atoms with Crippen molar-refractivity contribution < 1.29 is 0 Å². The van der Waals surface area contributed by atoms with Gasteiger partial charge in [-0.05, 0) is 48.9 Å². The van der Waals surface area contributed by atoms with E-state index in [1.807, 2.05) is 30.6 Å². The molecule has 2 bridgehead atoms. The number of hydrogen-bond acceptors (Lipinski definition) is 3. The van der Waals surface area contributed by atoms with Gasteiger partial charge >= 0.3 is 0 Å². The first-order valence-corrected chi connectivity index (χ1v) is 8.23. The third kappa shape index (κ3) is 2.07. The number of amidine groups is 1. The van der Waals surface area contributed by atoms with E-state index in [0.29, 0.717) is 0 Å². The minimum Gasteiger partial charge on any atom is -0.270 e. The van der Waals surface area contributed by atoms with Gasteiger partial charge in [0.25, 0.3) is 0 Å². The van der Waals surface area contributed by atoms with Gasteiger partial charge in [-0.25, -0.2) is 4.99 Å². The van der Waals surface area contributed by atoms with Gasteiger partial charge in [-0.1, -0.05) is 0 Å². The van der Waals surface area contributed by atoms with E-state index >= 15 is 0 Å². The second-order valence-corrected chi connectivity index (χ2v) is 7.30. The second kappa shape index (κ2) is 4.84. The van der Waals surface area contributed by atoms with Crippen molar-refractivity contribution in [3.05, 3.63) is 38.2 Å². The summed E-state index contributed by atoms with van der Waals surface area (Å²) in [6, 6.07) is 2.18. The highest BCUT2D eigenvalue weighted by Crippen LogP contribution is 2.32. The van der Waals surface area contributed by atoms with Crippen molar-refractivity contribution in [3.8, 4) is 0 Å². The number of fused-ring (bicyclic) bond motifs is 1. The normalized spacial score (nSPS) is 23.5. The molecule has 0 saturated heterocycles. The van der Waals surface area contributed by atoms with Gasteiger partial charge in [0.05, 0.1) is 5.36 Å². The predicted molar refractivity (Wildman–Crippen MR) is 85.5 cm³/mol. The molecule has 0 unspecified atom stereocenters. The van der Waals surface area contributed by atoms with Gasteiger partial charge in [-0.15, -0.1) is 23.5 Å². The molecule has 0 amide bonds. The van der Waals surface area contributed by atoms with Crippen LogP contribution in [0.2, 0.25) is 0 Å². The molecule has 3 rings (SSSR count). The largest absolute Gasteiger partial charge is 0.270 e. The van der Waals surface area contributed by atoms with Crippen LogP contribution in [-0.4, -0.2) is 18.0 Å². The highest BCUT2D eigenvalue weighted by molar-refractivity contribution is 8.17. The van der Waals surface area contributed by atoms with E-state index in [0.717, 1.165) is 16.3 Å². The molecule has 0 saturated carbocycles. The lowest BCUT2D eigenvalue weighted by molar-refractivity contribution is 1.13. The fourth-order valence-corrected chi connectivity index (χ4v) is 4.79. The number of rotatable bonds is 0. The summed E-state index contributed by atoms with van der Waals surface area (Å²) in [5.74, 6) is 0.860. The molecule has 2 heterocycles. The van der Waals surface area contributed by atoms with Crippen molar-refractivity contribution >= 4 is 35.4 Å². The topological polar surface area (TPSA) is 24.7 Å². The van der Waals surface area contributed by atoms with Crippen LogP contribution in [0, 0.1) is 13.8 Å². The number of allylic oxidation sites excluding steroid dienone is 1. The monoisotopic (exact) mass is 288 g/mol. The minimum atomic E-state index is 0.860. The Hall–Kier alpha value is -1.000. The molecule has 2 aliphatic rings. The molecule has 1 aromatic carbocycles. The molecule has 0 radical (unpaired) electrons. The molecule has 0 spiro atoms. The first kappa shape index (κ1) is 13.0. The number of aryl methyl sites for hydroxylation is 1. The average molecular weight is 288 g/mol. The molecular formula is C15H16N2S2. The Labute approximate surface area is 121 Å². The van der Waals surface area contributed by atoms with Crippen molar-refractivity contribution in [3.63, 3.8) is 0 Å². The van der Waals surface area contributed by atoms with Gasteiger partial charge in [0.15, 0.2) is 5.84 Å². The molecule has 2 aliphatic heterocycles. The summed E-state index contributed by atoms with van der Waals surface area (Å²) in [5.41, 5.74) is 3.87. The van der Waals surface area contributed by atoms with E-state index in [-0.39, 0.29) is 0 Å². The Kier molecular flexibility index (Phi) is 3.31. The van der Waals surface area contributed by atoms with E-state index in [2.05, 4.69) is 37.9 Å². The van der Waals surface area contributed by atoms with Crippen LogP contribution in [0.25, 0.3) is 6.08 Å². The molecule has 19 heavy (non-hydrogen) atoms. The van der Waals surface area contributed by atoms with Gasteiger partial charge in [0.1, 0.15) is 0 Å². The van der Waals surface area contributed by atoms with Crippen LogP contribution in [0.4, 0.5) is 0 Å². The molecule has 1 aromatic rings. The maximum Gasteiger partial charge on any atom is 0.155 e. The predicted octanol–water partition coefficient (Wildman–Crippen LogP) is 2.82. The Morgan fingerprint density at radius 3 is 2.74 bits per heavy atom. The maximum absolute atomic E-state index is 4.75. The van der Waals surface area contributed by atoms with Crippen molar-refractivity contribution in [2.24, 2.45) is 9.98 Å². The van der Waals surface area contributed by atoms with E-state index in [4.69, 9.17) is 4.99 Å². The Morgan fingerprint density at radius 1 is 1.21 bits per heavy atom. The first-order chi connectivity index (χ1) is 9.11. The fourth-order valence-electron chi connectivity index (χ4n) is 2.37. The van der Waals surface area contributed by atoms with E-state index in [1.54, 1.807) is 0 Å². The quantitative estimate of drug-likeness (QED) is 0.733. The molecule has 98 valence electrons. The van der Waals surface area contributed by atoms with Crippen molar-refractivity contribution in [1.82, 2.24) is 0 Å². The van der Waals surface area contributed by atoms with E-state index in [1.165, 1.54) is 31.7 Å². The number of nitrogens with zero attached hydrogens (tertiary/aromatic N) is 2. The molecule has 0 aromatic heterocycles. The van der Waals surface area contributed by atoms with Crippen LogP contribution in [0.1, 0.15) is 18.1 Å². The lowest BCUT2D eigenvalue weighted by atomic mass is 10.0.